The van der Waals surface area contributed by atoms with Gasteiger partial charge in [-0.1, -0.05) is 30.3 Å². The SMILES string of the molecule is COc1ccccc1C=C(C#N)C(=O)Nc1cc(C)ccc1C. The van der Waals surface area contributed by atoms with Crippen LogP contribution >= 0.6 is 0 Å². The standard InChI is InChI=1S/C19H18N2O2/c1-13-8-9-14(2)17(10-13)21-19(22)16(12-20)11-15-6-4-5-7-18(15)23-3/h4-11H,1-3H3,(H,21,22). The molecule has 23 heavy (non-hydrogen) atoms. The zero-order chi connectivity index (χ0) is 16.8. The van der Waals surface area contributed by atoms with Crippen LogP contribution in [0.2, 0.25) is 0 Å². The summed E-state index contributed by atoms with van der Waals surface area (Å²) >= 11 is 0. The average Bonchev–Trinajstić information content (AvgIpc) is 2.56. The molecule has 0 saturated carbocycles. The van der Waals surface area contributed by atoms with Gasteiger partial charge in [0.1, 0.15) is 17.4 Å². The van der Waals surface area contributed by atoms with Gasteiger partial charge < -0.3 is 10.1 Å². The number of nitrogens with zero attached hydrogens (tertiary/aromatic N) is 1. The van der Waals surface area contributed by atoms with Crippen LogP contribution in [0.15, 0.2) is 48.0 Å². The summed E-state index contributed by atoms with van der Waals surface area (Å²) in [4.78, 5) is 12.4. The molecule has 1 amide bonds. The fourth-order valence-corrected chi connectivity index (χ4v) is 2.15. The van der Waals surface area contributed by atoms with Crippen molar-refractivity contribution in [2.75, 3.05) is 12.4 Å². The number of carbonyl (C=O) groups is 1. The Morgan fingerprint density at radius 2 is 1.96 bits per heavy atom. The fourth-order valence-electron chi connectivity index (χ4n) is 2.15. The normalized spacial score (nSPS) is 10.8. The Bertz CT molecular complexity index is 801. The molecular weight excluding hydrogens is 288 g/mol. The zero-order valence-corrected chi connectivity index (χ0v) is 13.4. The van der Waals surface area contributed by atoms with E-state index in [1.54, 1.807) is 19.2 Å². The number of anilines is 1. The summed E-state index contributed by atoms with van der Waals surface area (Å²) in [6.07, 6.45) is 1.53. The van der Waals surface area contributed by atoms with E-state index < -0.39 is 5.91 Å². The lowest BCUT2D eigenvalue weighted by molar-refractivity contribution is -0.112. The molecule has 0 unspecified atom stereocenters. The van der Waals surface area contributed by atoms with Crippen LogP contribution in [0.25, 0.3) is 6.08 Å². The predicted molar refractivity (Wildman–Crippen MR) is 91.1 cm³/mol. The zero-order valence-electron chi connectivity index (χ0n) is 13.4. The van der Waals surface area contributed by atoms with Crippen LogP contribution in [-0.2, 0) is 4.79 Å². The average molecular weight is 306 g/mol. The van der Waals surface area contributed by atoms with Gasteiger partial charge in [-0.25, -0.2) is 0 Å². The van der Waals surface area contributed by atoms with Gasteiger partial charge in [0.15, 0.2) is 0 Å². The van der Waals surface area contributed by atoms with Gasteiger partial charge in [-0.15, -0.1) is 0 Å². The summed E-state index contributed by atoms with van der Waals surface area (Å²) < 4.78 is 5.24. The molecular formula is C19H18N2O2. The van der Waals surface area contributed by atoms with Crippen molar-refractivity contribution < 1.29 is 9.53 Å². The molecule has 0 bridgehead atoms. The van der Waals surface area contributed by atoms with Gasteiger partial charge in [-0.2, -0.15) is 5.26 Å². The first-order valence-corrected chi connectivity index (χ1v) is 7.18. The molecule has 0 fully saturated rings. The Morgan fingerprint density at radius 3 is 2.65 bits per heavy atom. The maximum absolute atomic E-state index is 12.4. The number of methoxy groups -OCH3 is 1. The molecule has 0 saturated heterocycles. The molecule has 2 aromatic rings. The third kappa shape index (κ3) is 3.98. The van der Waals surface area contributed by atoms with Crippen LogP contribution in [0, 0.1) is 25.2 Å². The van der Waals surface area contributed by atoms with Crippen molar-refractivity contribution in [2.45, 2.75) is 13.8 Å². The molecule has 0 aliphatic rings. The van der Waals surface area contributed by atoms with Gasteiger partial charge in [-0.3, -0.25) is 4.79 Å². The van der Waals surface area contributed by atoms with Crippen molar-refractivity contribution in [3.63, 3.8) is 0 Å². The molecule has 4 nitrogen and oxygen atoms in total. The minimum Gasteiger partial charge on any atom is -0.496 e. The molecule has 2 rings (SSSR count). The van der Waals surface area contributed by atoms with Crippen LogP contribution in [0.5, 0.6) is 5.75 Å². The van der Waals surface area contributed by atoms with Crippen molar-refractivity contribution in [1.29, 1.82) is 5.26 Å². The molecule has 4 heteroatoms. The molecule has 116 valence electrons. The van der Waals surface area contributed by atoms with Crippen LogP contribution in [-0.4, -0.2) is 13.0 Å². The van der Waals surface area contributed by atoms with E-state index in [4.69, 9.17) is 4.74 Å². The highest BCUT2D eigenvalue weighted by atomic mass is 16.5. The van der Waals surface area contributed by atoms with Crippen LogP contribution in [0.3, 0.4) is 0 Å². The van der Waals surface area contributed by atoms with Crippen molar-refractivity contribution in [3.8, 4) is 11.8 Å². The minimum absolute atomic E-state index is 0.0235. The van der Waals surface area contributed by atoms with E-state index >= 15 is 0 Å². The van der Waals surface area contributed by atoms with E-state index in [0.29, 0.717) is 17.0 Å². The molecule has 0 atom stereocenters. The molecule has 0 radical (unpaired) electrons. The Balaban J connectivity index is 2.30. The fraction of sp³-hybridized carbons (Fsp3) is 0.158. The van der Waals surface area contributed by atoms with Crippen LogP contribution < -0.4 is 10.1 Å². The maximum Gasteiger partial charge on any atom is 0.266 e. The van der Waals surface area contributed by atoms with Gasteiger partial charge in [0.05, 0.1) is 7.11 Å². The number of para-hydroxylation sites is 1. The molecule has 1 N–H and O–H groups in total. The third-order valence-corrected chi connectivity index (χ3v) is 3.45. The van der Waals surface area contributed by atoms with Crippen molar-refractivity contribution >= 4 is 17.7 Å². The van der Waals surface area contributed by atoms with E-state index in [-0.39, 0.29) is 5.57 Å². The summed E-state index contributed by atoms with van der Waals surface area (Å²) in [5.41, 5.74) is 3.39. The highest BCUT2D eigenvalue weighted by Crippen LogP contribution is 2.22. The number of hydrogen-bond donors (Lipinski definition) is 1. The summed E-state index contributed by atoms with van der Waals surface area (Å²) in [6.45, 7) is 3.86. The molecule has 2 aromatic carbocycles. The first kappa shape index (κ1) is 16.3. The largest absolute Gasteiger partial charge is 0.496 e. The summed E-state index contributed by atoms with van der Waals surface area (Å²) in [7, 11) is 1.55. The number of amides is 1. The molecule has 0 aliphatic heterocycles. The summed E-state index contributed by atoms with van der Waals surface area (Å²) in [5.74, 6) is 0.173. The van der Waals surface area contributed by atoms with Gasteiger partial charge >= 0.3 is 0 Å². The number of nitrogens with one attached hydrogen (secondary N) is 1. The first-order chi connectivity index (χ1) is 11.0. The summed E-state index contributed by atoms with van der Waals surface area (Å²) in [5, 5.41) is 12.1. The lowest BCUT2D eigenvalue weighted by Gasteiger charge is -2.09. The number of nitriles is 1. The Kier molecular flexibility index (Phi) is 5.16. The monoisotopic (exact) mass is 306 g/mol. The van der Waals surface area contributed by atoms with Gasteiger partial charge in [0.2, 0.25) is 0 Å². The van der Waals surface area contributed by atoms with Crippen LogP contribution in [0.1, 0.15) is 16.7 Å². The second kappa shape index (κ2) is 7.28. The second-order valence-corrected chi connectivity index (χ2v) is 5.18. The van der Waals surface area contributed by atoms with Gasteiger partial charge in [0, 0.05) is 11.3 Å². The van der Waals surface area contributed by atoms with Crippen molar-refractivity contribution in [2.24, 2.45) is 0 Å². The van der Waals surface area contributed by atoms with E-state index in [1.807, 2.05) is 50.2 Å². The molecule has 0 spiro atoms. The highest BCUT2D eigenvalue weighted by molar-refractivity contribution is 6.10. The lowest BCUT2D eigenvalue weighted by Crippen LogP contribution is -2.14. The molecule has 0 aromatic heterocycles. The van der Waals surface area contributed by atoms with Gasteiger partial charge in [-0.05, 0) is 43.2 Å². The molecule has 0 heterocycles. The number of carbonyl (C=O) groups excluding carboxylic acids is 1. The van der Waals surface area contributed by atoms with E-state index in [9.17, 15) is 10.1 Å². The highest BCUT2D eigenvalue weighted by Gasteiger charge is 2.12. The first-order valence-electron chi connectivity index (χ1n) is 7.18. The number of hydrogen-bond acceptors (Lipinski definition) is 3. The smallest absolute Gasteiger partial charge is 0.266 e. The Labute approximate surface area is 136 Å². The number of aryl methyl sites for hydroxylation is 2. The van der Waals surface area contributed by atoms with E-state index in [1.165, 1.54) is 6.08 Å². The Morgan fingerprint density at radius 1 is 1.22 bits per heavy atom. The van der Waals surface area contributed by atoms with Crippen molar-refractivity contribution in [1.82, 2.24) is 0 Å². The van der Waals surface area contributed by atoms with E-state index in [2.05, 4.69) is 5.32 Å². The van der Waals surface area contributed by atoms with Gasteiger partial charge in [0.25, 0.3) is 5.91 Å². The topological polar surface area (TPSA) is 62.1 Å². The quantitative estimate of drug-likeness (QED) is 0.689. The lowest BCUT2D eigenvalue weighted by atomic mass is 10.1. The van der Waals surface area contributed by atoms with Crippen molar-refractivity contribution in [3.05, 3.63) is 64.7 Å². The minimum atomic E-state index is -0.438. The summed E-state index contributed by atoms with van der Waals surface area (Å²) in [6, 6.07) is 15.0. The number of ether oxygens (including phenoxy) is 1. The second-order valence-electron chi connectivity index (χ2n) is 5.18. The van der Waals surface area contributed by atoms with E-state index in [0.717, 1.165) is 11.1 Å². The Hall–Kier alpha value is -3.06. The van der Waals surface area contributed by atoms with Crippen LogP contribution in [0.4, 0.5) is 5.69 Å². The number of rotatable bonds is 4. The predicted octanol–water partition coefficient (Wildman–Crippen LogP) is 3.86. The maximum atomic E-state index is 12.4. The number of benzene rings is 2. The molecule has 0 aliphatic carbocycles. The third-order valence-electron chi connectivity index (χ3n) is 3.45.